The van der Waals surface area contributed by atoms with Crippen LogP contribution in [0.15, 0.2) is 0 Å². The second-order valence-electron chi connectivity index (χ2n) is 7.52. The van der Waals surface area contributed by atoms with E-state index >= 15 is 0 Å². The lowest BCUT2D eigenvalue weighted by Gasteiger charge is -2.38. The Hall–Kier alpha value is -0.770. The Balaban J connectivity index is 2.90. The van der Waals surface area contributed by atoms with Crippen molar-refractivity contribution in [1.82, 2.24) is 4.90 Å². The Morgan fingerprint density at radius 2 is 1.95 bits per heavy atom. The monoisotopic (exact) mass is 313 g/mol. The molecule has 0 bridgehead atoms. The zero-order chi connectivity index (χ0) is 16.8. The van der Waals surface area contributed by atoms with Crippen molar-refractivity contribution in [1.29, 1.82) is 0 Å². The van der Waals surface area contributed by atoms with Crippen LogP contribution in [0.3, 0.4) is 0 Å². The molecule has 0 saturated carbocycles. The number of ether oxygens (including phenoxy) is 1. The number of aliphatic hydroxyl groups excluding tert-OH is 1. The maximum absolute atomic E-state index is 12.6. The summed E-state index contributed by atoms with van der Waals surface area (Å²) in [6.45, 7) is 10.7. The van der Waals surface area contributed by atoms with Crippen molar-refractivity contribution in [3.8, 4) is 0 Å². The van der Waals surface area contributed by atoms with Crippen LogP contribution >= 0.6 is 0 Å². The third-order valence-electron chi connectivity index (χ3n) is 4.47. The molecule has 0 aromatic rings. The van der Waals surface area contributed by atoms with Gasteiger partial charge in [-0.15, -0.1) is 0 Å². The Bertz CT molecular complexity index is 338. The zero-order valence-corrected chi connectivity index (χ0v) is 15.1. The van der Waals surface area contributed by atoms with Crippen LogP contribution in [0.2, 0.25) is 0 Å². The second-order valence-corrected chi connectivity index (χ2v) is 7.52. The molecule has 1 aliphatic rings. The molecule has 22 heavy (non-hydrogen) atoms. The van der Waals surface area contributed by atoms with Crippen LogP contribution in [-0.2, 0) is 4.74 Å². The highest BCUT2D eigenvalue weighted by molar-refractivity contribution is 5.68. The van der Waals surface area contributed by atoms with Crippen LogP contribution < -0.4 is 0 Å². The summed E-state index contributed by atoms with van der Waals surface area (Å²) in [4.78, 5) is 14.5. The van der Waals surface area contributed by atoms with Gasteiger partial charge in [-0.2, -0.15) is 0 Å². The first-order valence-electron chi connectivity index (χ1n) is 8.97. The van der Waals surface area contributed by atoms with Gasteiger partial charge in [0.2, 0.25) is 0 Å². The molecule has 1 rings (SSSR count). The molecule has 3 atom stereocenters. The standard InChI is InChI=1S/C18H35NO3/c1-6-11-16(20)14(7-2)15-12-9-8-10-13-19(15)17(21)22-18(3,4)5/h14-16,20H,6-13H2,1-5H3. The van der Waals surface area contributed by atoms with Crippen molar-refractivity contribution in [3.05, 3.63) is 0 Å². The molecule has 1 saturated heterocycles. The minimum absolute atomic E-state index is 0.101. The summed E-state index contributed by atoms with van der Waals surface area (Å²) in [5.74, 6) is 0.144. The van der Waals surface area contributed by atoms with Crippen molar-refractivity contribution < 1.29 is 14.6 Å². The van der Waals surface area contributed by atoms with Gasteiger partial charge in [-0.3, -0.25) is 0 Å². The molecule has 0 aromatic carbocycles. The van der Waals surface area contributed by atoms with Crippen molar-refractivity contribution >= 4 is 6.09 Å². The van der Waals surface area contributed by atoms with Crippen LogP contribution in [0.25, 0.3) is 0 Å². The van der Waals surface area contributed by atoms with Gasteiger partial charge in [-0.25, -0.2) is 4.79 Å². The number of hydrogen-bond acceptors (Lipinski definition) is 3. The average Bonchev–Trinajstić information content (AvgIpc) is 2.64. The molecule has 0 radical (unpaired) electrons. The molecule has 3 unspecified atom stereocenters. The third-order valence-corrected chi connectivity index (χ3v) is 4.47. The molecule has 1 N–H and O–H groups in total. The van der Waals surface area contributed by atoms with E-state index in [1.54, 1.807) is 0 Å². The Labute approximate surface area is 136 Å². The number of rotatable bonds is 5. The Kier molecular flexibility index (Phi) is 7.67. The Morgan fingerprint density at radius 1 is 1.27 bits per heavy atom. The van der Waals surface area contributed by atoms with Gasteiger partial charge < -0.3 is 14.7 Å². The van der Waals surface area contributed by atoms with Crippen LogP contribution in [0.1, 0.15) is 79.6 Å². The quantitative estimate of drug-likeness (QED) is 0.820. The van der Waals surface area contributed by atoms with E-state index in [1.165, 1.54) is 0 Å². The van der Waals surface area contributed by atoms with Crippen molar-refractivity contribution in [3.63, 3.8) is 0 Å². The van der Waals surface area contributed by atoms with E-state index in [4.69, 9.17) is 4.74 Å². The minimum atomic E-state index is -0.475. The minimum Gasteiger partial charge on any atom is -0.444 e. The summed E-state index contributed by atoms with van der Waals surface area (Å²) in [5.41, 5.74) is -0.475. The molecule has 4 nitrogen and oxygen atoms in total. The van der Waals surface area contributed by atoms with E-state index < -0.39 is 5.60 Å². The zero-order valence-electron chi connectivity index (χ0n) is 15.1. The fourth-order valence-corrected chi connectivity index (χ4v) is 3.44. The molecule has 130 valence electrons. The lowest BCUT2D eigenvalue weighted by atomic mass is 9.85. The van der Waals surface area contributed by atoms with Crippen molar-refractivity contribution in [2.75, 3.05) is 6.54 Å². The molecule has 1 heterocycles. The molecular weight excluding hydrogens is 278 g/mol. The summed E-state index contributed by atoms with van der Waals surface area (Å²) in [6, 6.07) is 0.101. The van der Waals surface area contributed by atoms with E-state index in [2.05, 4.69) is 13.8 Å². The summed E-state index contributed by atoms with van der Waals surface area (Å²) < 4.78 is 5.60. The Morgan fingerprint density at radius 3 is 2.50 bits per heavy atom. The van der Waals surface area contributed by atoms with Crippen LogP contribution in [0, 0.1) is 5.92 Å². The summed E-state index contributed by atoms with van der Waals surface area (Å²) in [5, 5.41) is 10.5. The summed E-state index contributed by atoms with van der Waals surface area (Å²) in [6.07, 6.45) is 6.38. The van der Waals surface area contributed by atoms with Crippen molar-refractivity contribution in [2.24, 2.45) is 5.92 Å². The predicted molar refractivity (Wildman–Crippen MR) is 89.9 cm³/mol. The molecule has 0 spiro atoms. The highest BCUT2D eigenvalue weighted by Gasteiger charge is 2.36. The molecule has 1 fully saturated rings. The number of amides is 1. The molecular formula is C18H35NO3. The van der Waals surface area contributed by atoms with Crippen LogP contribution in [0.5, 0.6) is 0 Å². The number of carbonyl (C=O) groups is 1. The molecule has 0 aromatic heterocycles. The predicted octanol–water partition coefficient (Wildman–Crippen LogP) is 4.35. The van der Waals surface area contributed by atoms with Gasteiger partial charge in [0.15, 0.2) is 0 Å². The topological polar surface area (TPSA) is 49.8 Å². The van der Waals surface area contributed by atoms with Gasteiger partial charge in [0, 0.05) is 18.5 Å². The number of nitrogens with zero attached hydrogens (tertiary/aromatic N) is 1. The number of aliphatic hydroxyl groups is 1. The fraction of sp³-hybridized carbons (Fsp3) is 0.944. The lowest BCUT2D eigenvalue weighted by molar-refractivity contribution is -0.00824. The summed E-state index contributed by atoms with van der Waals surface area (Å²) >= 11 is 0. The van der Waals surface area contributed by atoms with Crippen LogP contribution in [0.4, 0.5) is 4.79 Å². The van der Waals surface area contributed by atoms with Gasteiger partial charge in [0.25, 0.3) is 0 Å². The van der Waals surface area contributed by atoms with E-state index in [0.29, 0.717) is 0 Å². The first kappa shape index (κ1) is 19.3. The highest BCUT2D eigenvalue weighted by atomic mass is 16.6. The second kappa shape index (κ2) is 8.76. The van der Waals surface area contributed by atoms with Gasteiger partial charge in [0.1, 0.15) is 5.60 Å². The van der Waals surface area contributed by atoms with Gasteiger partial charge in [-0.05, 0) is 46.5 Å². The maximum atomic E-state index is 12.6. The van der Waals surface area contributed by atoms with Crippen LogP contribution in [-0.4, -0.2) is 40.4 Å². The normalized spacial score (nSPS) is 22.8. The first-order valence-corrected chi connectivity index (χ1v) is 8.97. The van der Waals surface area contributed by atoms with E-state index in [9.17, 15) is 9.90 Å². The molecule has 1 amide bonds. The van der Waals surface area contributed by atoms with Crippen molar-refractivity contribution in [2.45, 2.75) is 97.3 Å². The van der Waals surface area contributed by atoms with E-state index in [-0.39, 0.29) is 24.2 Å². The average molecular weight is 313 g/mol. The smallest absolute Gasteiger partial charge is 0.410 e. The third kappa shape index (κ3) is 5.79. The molecule has 4 heteroatoms. The molecule has 1 aliphatic heterocycles. The number of carbonyl (C=O) groups excluding carboxylic acids is 1. The van der Waals surface area contributed by atoms with E-state index in [0.717, 1.165) is 51.5 Å². The maximum Gasteiger partial charge on any atom is 0.410 e. The highest BCUT2D eigenvalue weighted by Crippen LogP contribution is 2.30. The van der Waals surface area contributed by atoms with Gasteiger partial charge in [-0.1, -0.05) is 33.1 Å². The molecule has 0 aliphatic carbocycles. The summed E-state index contributed by atoms with van der Waals surface area (Å²) in [7, 11) is 0. The SMILES string of the molecule is CCCC(O)C(CC)C1CCCCCN1C(=O)OC(C)(C)C. The fourth-order valence-electron chi connectivity index (χ4n) is 3.44. The largest absolute Gasteiger partial charge is 0.444 e. The number of likely N-dealkylation sites (tertiary alicyclic amines) is 1. The van der Waals surface area contributed by atoms with E-state index in [1.807, 2.05) is 25.7 Å². The van der Waals surface area contributed by atoms with Gasteiger partial charge in [0.05, 0.1) is 6.10 Å². The first-order chi connectivity index (χ1) is 10.3. The lowest BCUT2D eigenvalue weighted by Crippen LogP contribution is -2.49. The number of hydrogen-bond donors (Lipinski definition) is 1. The van der Waals surface area contributed by atoms with Gasteiger partial charge >= 0.3 is 6.09 Å².